The molecule has 0 bridgehead atoms. The average molecular weight is 469 g/mol. The van der Waals surface area contributed by atoms with Crippen molar-refractivity contribution in [3.05, 3.63) is 84.0 Å². The minimum atomic E-state index is -0.872. The quantitative estimate of drug-likeness (QED) is 0.215. The lowest BCUT2D eigenvalue weighted by Crippen LogP contribution is -2.29. The van der Waals surface area contributed by atoms with E-state index in [1.54, 1.807) is 38.1 Å². The molecule has 0 amide bonds. The Morgan fingerprint density at radius 3 is 1.85 bits per heavy atom. The molecule has 0 spiro atoms. The molecule has 2 aromatic rings. The van der Waals surface area contributed by atoms with E-state index in [0.717, 1.165) is 11.1 Å². The minimum absolute atomic E-state index is 0.0398. The molecule has 0 saturated carbocycles. The van der Waals surface area contributed by atoms with Crippen LogP contribution >= 0.6 is 0 Å². The highest BCUT2D eigenvalue weighted by molar-refractivity contribution is 5.88. The molecule has 0 saturated heterocycles. The molecule has 0 aromatic heterocycles. The van der Waals surface area contributed by atoms with E-state index in [0.29, 0.717) is 17.1 Å². The predicted molar refractivity (Wildman–Crippen MR) is 129 cm³/mol. The van der Waals surface area contributed by atoms with Gasteiger partial charge in [0.05, 0.1) is 13.2 Å². The fourth-order valence-corrected chi connectivity index (χ4v) is 2.97. The Labute approximate surface area is 200 Å². The topological polar surface area (TPSA) is 91.3 Å². The SMILES string of the molecule is C=C(C)C(=O)OCC(OCCO)Oc1ccc(C(C)(C)c2ccc(OC(=O)C(=C)C)cc2)cc1. The molecule has 1 unspecified atom stereocenters. The summed E-state index contributed by atoms with van der Waals surface area (Å²) in [5.74, 6) is -0.0227. The molecule has 0 fully saturated rings. The Morgan fingerprint density at radius 2 is 1.38 bits per heavy atom. The molecule has 0 aliphatic carbocycles. The standard InChI is InChI=1S/C27H32O7/c1-18(2)25(29)32-17-24(31-16-15-28)33-22-11-7-20(8-12-22)27(5,6)21-9-13-23(14-10-21)34-26(30)19(3)4/h7-14,24,28H,1,3,15-17H2,2,4-6H3. The van der Waals surface area contributed by atoms with E-state index >= 15 is 0 Å². The van der Waals surface area contributed by atoms with Gasteiger partial charge in [-0.15, -0.1) is 0 Å². The lowest BCUT2D eigenvalue weighted by Gasteiger charge is -2.27. The number of carbonyl (C=O) groups is 2. The van der Waals surface area contributed by atoms with Crippen LogP contribution in [0.3, 0.4) is 0 Å². The van der Waals surface area contributed by atoms with E-state index in [9.17, 15) is 9.59 Å². The zero-order chi connectivity index (χ0) is 25.3. The normalized spacial score (nSPS) is 11.9. The molecule has 2 rings (SSSR count). The fourth-order valence-electron chi connectivity index (χ4n) is 2.97. The summed E-state index contributed by atoms with van der Waals surface area (Å²) in [5.41, 5.74) is 2.35. The number of hydrogen-bond acceptors (Lipinski definition) is 7. The molecular formula is C27H32O7. The summed E-state index contributed by atoms with van der Waals surface area (Å²) in [5, 5.41) is 9.03. The summed E-state index contributed by atoms with van der Waals surface area (Å²) >= 11 is 0. The summed E-state index contributed by atoms with van der Waals surface area (Å²) in [7, 11) is 0. The van der Waals surface area contributed by atoms with Gasteiger partial charge in [0.1, 0.15) is 11.5 Å². The summed E-state index contributed by atoms with van der Waals surface area (Å²) < 4.78 is 21.6. The number of carbonyl (C=O) groups excluding carboxylic acids is 2. The van der Waals surface area contributed by atoms with Crippen molar-refractivity contribution in [1.29, 1.82) is 0 Å². The molecule has 7 nitrogen and oxygen atoms in total. The first kappa shape index (κ1) is 26.8. The molecule has 34 heavy (non-hydrogen) atoms. The van der Waals surface area contributed by atoms with Crippen LogP contribution in [0.2, 0.25) is 0 Å². The van der Waals surface area contributed by atoms with Gasteiger partial charge in [-0.3, -0.25) is 0 Å². The Hall–Kier alpha value is -3.42. The Kier molecular flexibility index (Phi) is 9.59. The van der Waals surface area contributed by atoms with E-state index in [1.807, 2.05) is 24.3 Å². The van der Waals surface area contributed by atoms with Gasteiger partial charge in [0.25, 0.3) is 0 Å². The van der Waals surface area contributed by atoms with Crippen LogP contribution in [-0.4, -0.2) is 43.2 Å². The van der Waals surface area contributed by atoms with Gasteiger partial charge in [0.15, 0.2) is 6.61 Å². The third kappa shape index (κ3) is 7.57. The number of hydrogen-bond donors (Lipinski definition) is 1. The van der Waals surface area contributed by atoms with Gasteiger partial charge in [-0.05, 0) is 49.2 Å². The van der Waals surface area contributed by atoms with E-state index in [1.165, 1.54) is 0 Å². The molecule has 1 atom stereocenters. The first-order valence-electron chi connectivity index (χ1n) is 10.8. The third-order valence-corrected chi connectivity index (χ3v) is 5.07. The van der Waals surface area contributed by atoms with Crippen molar-refractivity contribution in [3.8, 4) is 11.5 Å². The number of rotatable bonds is 12. The van der Waals surface area contributed by atoms with Crippen LogP contribution in [0.1, 0.15) is 38.8 Å². The van der Waals surface area contributed by atoms with E-state index in [-0.39, 0.29) is 30.8 Å². The summed E-state index contributed by atoms with van der Waals surface area (Å²) in [6.45, 7) is 14.2. The lowest BCUT2D eigenvalue weighted by atomic mass is 9.78. The van der Waals surface area contributed by atoms with Gasteiger partial charge in [0.2, 0.25) is 6.29 Å². The lowest BCUT2D eigenvalue weighted by molar-refractivity contribution is -0.157. The van der Waals surface area contributed by atoms with E-state index in [2.05, 4.69) is 27.0 Å². The molecule has 1 N–H and O–H groups in total. The van der Waals surface area contributed by atoms with Crippen molar-refractivity contribution < 1.29 is 33.6 Å². The minimum Gasteiger partial charge on any atom is -0.461 e. The molecule has 0 radical (unpaired) electrons. The monoisotopic (exact) mass is 468 g/mol. The highest BCUT2D eigenvalue weighted by atomic mass is 16.7. The maximum absolute atomic E-state index is 11.7. The molecule has 182 valence electrons. The van der Waals surface area contributed by atoms with Crippen molar-refractivity contribution in [3.63, 3.8) is 0 Å². The molecule has 2 aromatic carbocycles. The van der Waals surface area contributed by atoms with Crippen LogP contribution < -0.4 is 9.47 Å². The summed E-state index contributed by atoms with van der Waals surface area (Å²) in [6.07, 6.45) is -0.872. The molecule has 0 heterocycles. The zero-order valence-electron chi connectivity index (χ0n) is 20.1. The molecule has 0 aliphatic rings. The van der Waals surface area contributed by atoms with Crippen LogP contribution in [0.15, 0.2) is 72.8 Å². The van der Waals surface area contributed by atoms with Crippen molar-refractivity contribution in [2.45, 2.75) is 39.4 Å². The van der Waals surface area contributed by atoms with Crippen molar-refractivity contribution in [2.24, 2.45) is 0 Å². The van der Waals surface area contributed by atoms with Gasteiger partial charge in [0, 0.05) is 16.6 Å². The number of ether oxygens (including phenoxy) is 4. The van der Waals surface area contributed by atoms with Crippen molar-refractivity contribution in [1.82, 2.24) is 0 Å². The second-order valence-corrected chi connectivity index (χ2v) is 8.36. The Morgan fingerprint density at radius 1 is 0.882 bits per heavy atom. The summed E-state index contributed by atoms with van der Waals surface area (Å²) in [4.78, 5) is 23.4. The van der Waals surface area contributed by atoms with Crippen LogP contribution in [-0.2, 0) is 24.5 Å². The highest BCUT2D eigenvalue weighted by Crippen LogP contribution is 2.33. The van der Waals surface area contributed by atoms with Gasteiger partial charge in [-0.25, -0.2) is 9.59 Å². The first-order chi connectivity index (χ1) is 16.0. The Bertz CT molecular complexity index is 1000. The van der Waals surface area contributed by atoms with E-state index < -0.39 is 18.2 Å². The van der Waals surface area contributed by atoms with Crippen LogP contribution in [0.4, 0.5) is 0 Å². The van der Waals surface area contributed by atoms with Crippen molar-refractivity contribution >= 4 is 11.9 Å². The molecular weight excluding hydrogens is 436 g/mol. The van der Waals surface area contributed by atoms with E-state index in [4.69, 9.17) is 24.1 Å². The first-order valence-corrected chi connectivity index (χ1v) is 10.8. The van der Waals surface area contributed by atoms with Crippen LogP contribution in [0.5, 0.6) is 11.5 Å². The Balaban J connectivity index is 2.09. The predicted octanol–water partition coefficient (Wildman–Crippen LogP) is 4.33. The van der Waals surface area contributed by atoms with Crippen LogP contribution in [0, 0.1) is 0 Å². The number of benzene rings is 2. The number of aliphatic hydroxyl groups excluding tert-OH is 1. The number of esters is 2. The second kappa shape index (κ2) is 12.2. The maximum Gasteiger partial charge on any atom is 0.338 e. The van der Waals surface area contributed by atoms with Gasteiger partial charge < -0.3 is 24.1 Å². The maximum atomic E-state index is 11.7. The highest BCUT2D eigenvalue weighted by Gasteiger charge is 2.24. The smallest absolute Gasteiger partial charge is 0.338 e. The van der Waals surface area contributed by atoms with Crippen LogP contribution in [0.25, 0.3) is 0 Å². The van der Waals surface area contributed by atoms with Gasteiger partial charge >= 0.3 is 11.9 Å². The zero-order valence-corrected chi connectivity index (χ0v) is 20.1. The molecule has 0 aliphatic heterocycles. The largest absolute Gasteiger partial charge is 0.461 e. The van der Waals surface area contributed by atoms with Crippen molar-refractivity contribution in [2.75, 3.05) is 19.8 Å². The number of aliphatic hydroxyl groups is 1. The second-order valence-electron chi connectivity index (χ2n) is 8.36. The summed E-state index contributed by atoms with van der Waals surface area (Å²) in [6, 6.07) is 14.8. The molecule has 7 heteroatoms. The van der Waals surface area contributed by atoms with Gasteiger partial charge in [-0.1, -0.05) is 51.3 Å². The fraction of sp³-hybridized carbons (Fsp3) is 0.333. The third-order valence-electron chi connectivity index (χ3n) is 5.07. The van der Waals surface area contributed by atoms with Gasteiger partial charge in [-0.2, -0.15) is 0 Å². The average Bonchev–Trinajstić information content (AvgIpc) is 2.81.